The molecule has 1 spiro atoms. The maximum Gasteiger partial charge on any atom is 0.325 e. The molecule has 1 aliphatic carbocycles. The SMILES string of the molecule is C[C@H](NC(=O)CN1C(=O)N[C@]2(CCCc3ccccc32)C1=O)c1ccc(Cl)cc1. The van der Waals surface area contributed by atoms with Crippen LogP contribution >= 0.6 is 11.6 Å². The standard InChI is InChI=1S/C22H22ClN3O3/c1-14(15-8-10-17(23)11-9-15)24-19(27)13-26-20(28)22(25-21(26)29)12-4-6-16-5-2-3-7-18(16)22/h2-3,5,7-11,14H,4,6,12-13H2,1H3,(H,24,27)(H,25,29)/t14-,22-/m0/s1. The first-order valence-corrected chi connectivity index (χ1v) is 10.1. The smallest absolute Gasteiger partial charge is 0.325 e. The van der Waals surface area contributed by atoms with Gasteiger partial charge in [-0.2, -0.15) is 0 Å². The number of carbonyl (C=O) groups excluding carboxylic acids is 3. The van der Waals surface area contributed by atoms with E-state index in [-0.39, 0.29) is 18.5 Å². The number of halogens is 1. The molecular formula is C22H22ClN3O3. The summed E-state index contributed by atoms with van der Waals surface area (Å²) in [6.07, 6.45) is 2.21. The molecule has 0 radical (unpaired) electrons. The number of aryl methyl sites for hydroxylation is 1. The average molecular weight is 412 g/mol. The van der Waals surface area contributed by atoms with Crippen LogP contribution in [0.5, 0.6) is 0 Å². The molecule has 4 amide bonds. The number of hydrogen-bond donors (Lipinski definition) is 2. The van der Waals surface area contributed by atoms with Crippen molar-refractivity contribution in [3.8, 4) is 0 Å². The number of nitrogens with one attached hydrogen (secondary N) is 2. The van der Waals surface area contributed by atoms with Crippen LogP contribution in [0.1, 0.15) is 42.5 Å². The summed E-state index contributed by atoms with van der Waals surface area (Å²) in [7, 11) is 0. The fourth-order valence-corrected chi connectivity index (χ4v) is 4.35. The van der Waals surface area contributed by atoms with Gasteiger partial charge in [-0.15, -0.1) is 0 Å². The van der Waals surface area contributed by atoms with Crippen LogP contribution in [0.2, 0.25) is 5.02 Å². The Morgan fingerprint density at radius 1 is 1.21 bits per heavy atom. The van der Waals surface area contributed by atoms with Gasteiger partial charge in [0.15, 0.2) is 0 Å². The van der Waals surface area contributed by atoms with Gasteiger partial charge < -0.3 is 10.6 Å². The first kappa shape index (κ1) is 19.5. The Kier molecular flexibility index (Phi) is 5.04. The molecule has 2 N–H and O–H groups in total. The van der Waals surface area contributed by atoms with E-state index in [1.165, 1.54) is 0 Å². The van der Waals surface area contributed by atoms with Crippen molar-refractivity contribution in [3.05, 3.63) is 70.2 Å². The Labute approximate surface area is 174 Å². The molecule has 2 atom stereocenters. The van der Waals surface area contributed by atoms with E-state index in [1.807, 2.05) is 43.3 Å². The first-order chi connectivity index (χ1) is 13.9. The highest BCUT2D eigenvalue weighted by Crippen LogP contribution is 2.39. The van der Waals surface area contributed by atoms with Crippen LogP contribution in [0.25, 0.3) is 0 Å². The summed E-state index contributed by atoms with van der Waals surface area (Å²) in [5, 5.41) is 6.32. The lowest BCUT2D eigenvalue weighted by Crippen LogP contribution is -2.47. The molecule has 1 saturated heterocycles. The maximum absolute atomic E-state index is 13.2. The van der Waals surface area contributed by atoms with Gasteiger partial charge in [-0.3, -0.25) is 14.5 Å². The second kappa shape index (κ2) is 7.52. The highest BCUT2D eigenvalue weighted by Gasteiger charge is 2.54. The molecule has 150 valence electrons. The number of rotatable bonds is 4. The van der Waals surface area contributed by atoms with E-state index in [9.17, 15) is 14.4 Å². The second-order valence-corrected chi connectivity index (χ2v) is 8.01. The third-order valence-corrected chi connectivity index (χ3v) is 5.95. The molecule has 0 saturated carbocycles. The molecular weight excluding hydrogens is 390 g/mol. The molecule has 2 aromatic rings. The molecule has 4 rings (SSSR count). The normalized spacial score (nSPS) is 21.7. The van der Waals surface area contributed by atoms with Gasteiger partial charge in [0, 0.05) is 5.02 Å². The van der Waals surface area contributed by atoms with Crippen LogP contribution in [0.3, 0.4) is 0 Å². The summed E-state index contributed by atoms with van der Waals surface area (Å²) >= 11 is 5.90. The summed E-state index contributed by atoms with van der Waals surface area (Å²) in [5.41, 5.74) is 1.73. The van der Waals surface area contributed by atoms with Crippen molar-refractivity contribution in [1.29, 1.82) is 0 Å². The molecule has 29 heavy (non-hydrogen) atoms. The second-order valence-electron chi connectivity index (χ2n) is 7.58. The Hall–Kier alpha value is -2.86. The van der Waals surface area contributed by atoms with Crippen LogP contribution < -0.4 is 10.6 Å². The molecule has 0 aromatic heterocycles. The lowest BCUT2D eigenvalue weighted by molar-refractivity contribution is -0.135. The molecule has 7 heteroatoms. The van der Waals surface area contributed by atoms with Gasteiger partial charge in [-0.1, -0.05) is 48.0 Å². The molecule has 1 aliphatic heterocycles. The van der Waals surface area contributed by atoms with Crippen LogP contribution in [-0.4, -0.2) is 29.3 Å². The molecule has 0 bridgehead atoms. The van der Waals surface area contributed by atoms with E-state index in [0.717, 1.165) is 34.4 Å². The minimum absolute atomic E-state index is 0.273. The Balaban J connectivity index is 1.49. The number of fused-ring (bicyclic) bond motifs is 2. The third-order valence-electron chi connectivity index (χ3n) is 5.70. The largest absolute Gasteiger partial charge is 0.348 e. The van der Waals surface area contributed by atoms with Crippen molar-refractivity contribution in [2.45, 2.75) is 37.8 Å². The summed E-state index contributed by atoms with van der Waals surface area (Å²) in [6, 6.07) is 14.0. The van der Waals surface area contributed by atoms with Crippen molar-refractivity contribution < 1.29 is 14.4 Å². The summed E-state index contributed by atoms with van der Waals surface area (Å²) < 4.78 is 0. The highest BCUT2D eigenvalue weighted by atomic mass is 35.5. The Bertz CT molecular complexity index is 976. The van der Waals surface area contributed by atoms with Crippen LogP contribution in [0.4, 0.5) is 4.79 Å². The monoisotopic (exact) mass is 411 g/mol. The van der Waals surface area contributed by atoms with Gasteiger partial charge in [0.1, 0.15) is 12.1 Å². The van der Waals surface area contributed by atoms with Gasteiger partial charge >= 0.3 is 6.03 Å². The molecule has 1 fully saturated rings. The first-order valence-electron chi connectivity index (χ1n) is 9.68. The number of amides is 4. The molecule has 2 aromatic carbocycles. The molecule has 0 unspecified atom stereocenters. The summed E-state index contributed by atoms with van der Waals surface area (Å²) in [4.78, 5) is 39.4. The topological polar surface area (TPSA) is 78.5 Å². The number of urea groups is 1. The van der Waals surface area contributed by atoms with E-state index in [4.69, 9.17) is 11.6 Å². The van der Waals surface area contributed by atoms with Crippen LogP contribution in [0, 0.1) is 0 Å². The third kappa shape index (κ3) is 3.49. The minimum atomic E-state index is -1.06. The summed E-state index contributed by atoms with van der Waals surface area (Å²) in [5.74, 6) is -0.749. The van der Waals surface area contributed by atoms with Gasteiger partial charge in [0.05, 0.1) is 6.04 Å². The Morgan fingerprint density at radius 3 is 2.69 bits per heavy atom. The van der Waals surface area contributed by atoms with Gasteiger partial charge in [-0.05, 0) is 55.0 Å². The predicted molar refractivity (Wildman–Crippen MR) is 109 cm³/mol. The number of nitrogens with zero attached hydrogens (tertiary/aromatic N) is 1. The number of hydrogen-bond acceptors (Lipinski definition) is 3. The molecule has 6 nitrogen and oxygen atoms in total. The maximum atomic E-state index is 13.2. The van der Waals surface area contributed by atoms with E-state index < -0.39 is 17.5 Å². The zero-order chi connectivity index (χ0) is 20.6. The van der Waals surface area contributed by atoms with E-state index in [1.54, 1.807) is 12.1 Å². The number of benzene rings is 2. The van der Waals surface area contributed by atoms with Crippen molar-refractivity contribution >= 4 is 29.4 Å². The van der Waals surface area contributed by atoms with Gasteiger partial charge in [0.2, 0.25) is 5.91 Å². The van der Waals surface area contributed by atoms with Crippen LogP contribution in [0.15, 0.2) is 48.5 Å². The van der Waals surface area contributed by atoms with Crippen LogP contribution in [-0.2, 0) is 21.5 Å². The average Bonchev–Trinajstić information content (AvgIpc) is 2.93. The van der Waals surface area contributed by atoms with Crippen molar-refractivity contribution in [2.24, 2.45) is 0 Å². The fourth-order valence-electron chi connectivity index (χ4n) is 4.22. The lowest BCUT2D eigenvalue weighted by atomic mass is 9.76. The van der Waals surface area contributed by atoms with Crippen molar-refractivity contribution in [1.82, 2.24) is 15.5 Å². The highest BCUT2D eigenvalue weighted by molar-refractivity contribution is 6.30. The fraction of sp³-hybridized carbons (Fsp3) is 0.318. The zero-order valence-corrected chi connectivity index (χ0v) is 16.8. The minimum Gasteiger partial charge on any atom is -0.348 e. The lowest BCUT2D eigenvalue weighted by Gasteiger charge is -2.33. The quantitative estimate of drug-likeness (QED) is 0.757. The molecule has 1 heterocycles. The number of carbonyl (C=O) groups is 3. The zero-order valence-electron chi connectivity index (χ0n) is 16.1. The number of imide groups is 1. The van der Waals surface area contributed by atoms with Crippen molar-refractivity contribution in [2.75, 3.05) is 6.54 Å². The van der Waals surface area contributed by atoms with Crippen molar-refractivity contribution in [3.63, 3.8) is 0 Å². The van der Waals surface area contributed by atoms with E-state index >= 15 is 0 Å². The molecule has 2 aliphatic rings. The van der Waals surface area contributed by atoms with Gasteiger partial charge in [0.25, 0.3) is 5.91 Å². The summed E-state index contributed by atoms with van der Waals surface area (Å²) in [6.45, 7) is 1.53. The van der Waals surface area contributed by atoms with E-state index in [2.05, 4.69) is 10.6 Å². The Morgan fingerprint density at radius 2 is 1.93 bits per heavy atom. The van der Waals surface area contributed by atoms with E-state index in [0.29, 0.717) is 11.4 Å². The van der Waals surface area contributed by atoms with Gasteiger partial charge in [-0.25, -0.2) is 4.79 Å². The predicted octanol–water partition coefficient (Wildman–Crippen LogP) is 3.30.